The zero-order valence-electron chi connectivity index (χ0n) is 6.62. The summed E-state index contributed by atoms with van der Waals surface area (Å²) in [6.45, 7) is 7.23. The molecule has 0 heterocycles. The molecular weight excluding hydrogens is 176 g/mol. The topological polar surface area (TPSA) is 9.23 Å². The molecule has 0 unspecified atom stereocenters. The molecule has 0 atom stereocenters. The van der Waals surface area contributed by atoms with Gasteiger partial charge in [-0.05, 0) is 0 Å². The second kappa shape index (κ2) is 10.1. The molecule has 0 saturated carbocycles. The zero-order valence-corrected chi connectivity index (χ0v) is 8.26. The Kier molecular flexibility index (Phi) is 10.3. The first kappa shape index (κ1) is 11.1. The van der Waals surface area contributed by atoms with Crippen LogP contribution in [0.2, 0.25) is 0 Å². The molecule has 0 amide bonds. The molecule has 0 aromatic rings. The smallest absolute Gasteiger partial charge is 0.0935 e. The van der Waals surface area contributed by atoms with E-state index in [1.165, 1.54) is 0 Å². The lowest BCUT2D eigenvalue weighted by Crippen LogP contribution is -1.90. The minimum Gasteiger partial charge on any atom is -0.360 e. The predicted octanol–water partition coefficient (Wildman–Crippen LogP) is 2.76. The fourth-order valence-electron chi connectivity index (χ4n) is 0.415. The number of hydrogen-bond acceptors (Lipinski definition) is 3. The van der Waals surface area contributed by atoms with Gasteiger partial charge in [-0.15, -0.1) is 36.7 Å². The molecule has 0 bridgehead atoms. The Morgan fingerprint density at radius 1 is 1.00 bits per heavy atom. The van der Waals surface area contributed by atoms with Gasteiger partial charge in [-0.1, -0.05) is 12.2 Å². The third kappa shape index (κ3) is 10.1. The molecule has 0 aliphatic heterocycles. The summed E-state index contributed by atoms with van der Waals surface area (Å²) in [6, 6.07) is 0. The fourth-order valence-corrected chi connectivity index (χ4v) is 1.45. The first-order valence-corrected chi connectivity index (χ1v) is 5.67. The normalized spacial score (nSPS) is 9.45. The molecule has 0 aliphatic rings. The fraction of sp³-hybridized carbons (Fsp3) is 0.500. The van der Waals surface area contributed by atoms with E-state index in [1.54, 1.807) is 23.5 Å². The van der Waals surface area contributed by atoms with Crippen LogP contribution in [-0.4, -0.2) is 23.4 Å². The first-order chi connectivity index (χ1) is 5.41. The van der Waals surface area contributed by atoms with Gasteiger partial charge < -0.3 is 4.74 Å². The van der Waals surface area contributed by atoms with Crippen molar-refractivity contribution in [2.24, 2.45) is 0 Å². The summed E-state index contributed by atoms with van der Waals surface area (Å²) in [5.74, 6) is 3.45. The molecule has 0 saturated heterocycles. The van der Waals surface area contributed by atoms with Crippen molar-refractivity contribution in [3.8, 4) is 0 Å². The average Bonchev–Trinajstić information content (AvgIpc) is 2.03. The molecule has 0 rings (SSSR count). The Hall–Kier alpha value is 0.140. The minimum atomic E-state index is 0.760. The molecular formula is C8H14OS2. The summed E-state index contributed by atoms with van der Waals surface area (Å²) in [5, 5.41) is 0. The van der Waals surface area contributed by atoms with Gasteiger partial charge >= 0.3 is 0 Å². The van der Waals surface area contributed by atoms with Crippen molar-refractivity contribution in [1.29, 1.82) is 0 Å². The van der Waals surface area contributed by atoms with Crippen molar-refractivity contribution in [3.63, 3.8) is 0 Å². The SMILES string of the molecule is C=CCSCOCSCC=C. The molecule has 3 heteroatoms. The zero-order chi connectivity index (χ0) is 8.36. The number of hydrogen-bond donors (Lipinski definition) is 0. The van der Waals surface area contributed by atoms with Gasteiger partial charge in [0, 0.05) is 11.5 Å². The van der Waals surface area contributed by atoms with Crippen molar-refractivity contribution in [3.05, 3.63) is 25.3 Å². The summed E-state index contributed by atoms with van der Waals surface area (Å²) < 4.78 is 5.27. The van der Waals surface area contributed by atoms with Crippen LogP contribution in [0.3, 0.4) is 0 Å². The predicted molar refractivity (Wildman–Crippen MR) is 56.1 cm³/mol. The average molecular weight is 190 g/mol. The Morgan fingerprint density at radius 3 is 1.82 bits per heavy atom. The minimum absolute atomic E-state index is 0.760. The van der Waals surface area contributed by atoms with Crippen LogP contribution in [0.1, 0.15) is 0 Å². The van der Waals surface area contributed by atoms with Gasteiger partial charge in [0.2, 0.25) is 0 Å². The molecule has 64 valence electrons. The van der Waals surface area contributed by atoms with Crippen molar-refractivity contribution >= 4 is 23.5 Å². The lowest BCUT2D eigenvalue weighted by Gasteiger charge is -2.00. The number of ether oxygens (including phenoxy) is 1. The van der Waals surface area contributed by atoms with Crippen LogP contribution >= 0.6 is 23.5 Å². The lowest BCUT2D eigenvalue weighted by molar-refractivity contribution is 0.241. The highest BCUT2D eigenvalue weighted by Gasteiger charge is 1.86. The summed E-state index contributed by atoms with van der Waals surface area (Å²) in [6.07, 6.45) is 3.76. The van der Waals surface area contributed by atoms with Gasteiger partial charge in [-0.2, -0.15) is 0 Å². The monoisotopic (exact) mass is 190 g/mol. The van der Waals surface area contributed by atoms with Gasteiger partial charge in [-0.3, -0.25) is 0 Å². The molecule has 0 N–H and O–H groups in total. The Bertz CT molecular complexity index is 92.3. The maximum Gasteiger partial charge on any atom is 0.0935 e. The van der Waals surface area contributed by atoms with Gasteiger partial charge in [0.15, 0.2) is 0 Å². The van der Waals surface area contributed by atoms with E-state index in [1.807, 2.05) is 12.2 Å². The van der Waals surface area contributed by atoms with E-state index in [-0.39, 0.29) is 0 Å². The maximum absolute atomic E-state index is 5.27. The molecule has 0 radical (unpaired) electrons. The third-order valence-electron chi connectivity index (χ3n) is 0.805. The summed E-state index contributed by atoms with van der Waals surface area (Å²) in [4.78, 5) is 0. The molecule has 0 spiro atoms. The third-order valence-corrected chi connectivity index (χ3v) is 2.41. The van der Waals surface area contributed by atoms with Gasteiger partial charge in [-0.25, -0.2) is 0 Å². The van der Waals surface area contributed by atoms with Crippen molar-refractivity contribution in [2.45, 2.75) is 0 Å². The molecule has 0 aliphatic carbocycles. The van der Waals surface area contributed by atoms with E-state index >= 15 is 0 Å². The highest BCUT2D eigenvalue weighted by molar-refractivity contribution is 7.99. The first-order valence-electron chi connectivity index (χ1n) is 3.37. The van der Waals surface area contributed by atoms with Crippen LogP contribution in [0.25, 0.3) is 0 Å². The highest BCUT2D eigenvalue weighted by Crippen LogP contribution is 2.04. The van der Waals surface area contributed by atoms with Crippen LogP contribution in [-0.2, 0) is 4.74 Å². The Balaban J connectivity index is 2.79. The largest absolute Gasteiger partial charge is 0.360 e. The van der Waals surface area contributed by atoms with Gasteiger partial charge in [0.25, 0.3) is 0 Å². The maximum atomic E-state index is 5.27. The van der Waals surface area contributed by atoms with Crippen molar-refractivity contribution in [2.75, 3.05) is 23.4 Å². The summed E-state index contributed by atoms with van der Waals surface area (Å²) >= 11 is 3.46. The van der Waals surface area contributed by atoms with Crippen LogP contribution in [0.4, 0.5) is 0 Å². The van der Waals surface area contributed by atoms with E-state index in [0.29, 0.717) is 0 Å². The molecule has 1 nitrogen and oxygen atoms in total. The summed E-state index contributed by atoms with van der Waals surface area (Å²) in [5.41, 5.74) is 0. The van der Waals surface area contributed by atoms with Gasteiger partial charge in [0.05, 0.1) is 11.9 Å². The molecule has 0 aromatic heterocycles. The van der Waals surface area contributed by atoms with Crippen LogP contribution in [0, 0.1) is 0 Å². The quantitative estimate of drug-likeness (QED) is 0.331. The van der Waals surface area contributed by atoms with Crippen LogP contribution in [0.5, 0.6) is 0 Å². The highest BCUT2D eigenvalue weighted by atomic mass is 32.2. The molecule has 0 fully saturated rings. The number of thioether (sulfide) groups is 2. The van der Waals surface area contributed by atoms with E-state index in [0.717, 1.165) is 23.4 Å². The van der Waals surface area contributed by atoms with Crippen LogP contribution < -0.4 is 0 Å². The van der Waals surface area contributed by atoms with E-state index < -0.39 is 0 Å². The van der Waals surface area contributed by atoms with Crippen molar-refractivity contribution < 1.29 is 4.74 Å². The van der Waals surface area contributed by atoms with Gasteiger partial charge in [0.1, 0.15) is 0 Å². The van der Waals surface area contributed by atoms with E-state index in [4.69, 9.17) is 4.74 Å². The number of rotatable bonds is 8. The molecule has 0 aromatic carbocycles. The standard InChI is InChI=1S/C8H14OS2/c1-3-5-10-7-9-8-11-6-4-2/h3-4H,1-2,5-8H2. The van der Waals surface area contributed by atoms with E-state index in [9.17, 15) is 0 Å². The lowest BCUT2D eigenvalue weighted by atomic mass is 10.8. The Labute approximate surface area is 77.3 Å². The Morgan fingerprint density at radius 2 is 1.45 bits per heavy atom. The summed E-state index contributed by atoms with van der Waals surface area (Å²) in [7, 11) is 0. The van der Waals surface area contributed by atoms with Crippen molar-refractivity contribution in [1.82, 2.24) is 0 Å². The molecule has 11 heavy (non-hydrogen) atoms. The second-order valence-corrected chi connectivity index (χ2v) is 3.71. The van der Waals surface area contributed by atoms with Crippen LogP contribution in [0.15, 0.2) is 25.3 Å². The van der Waals surface area contributed by atoms with E-state index in [2.05, 4.69) is 13.2 Å². The second-order valence-electron chi connectivity index (χ2n) is 1.76.